The minimum absolute atomic E-state index is 0.292. The summed E-state index contributed by atoms with van der Waals surface area (Å²) in [4.78, 5) is 26.4. The lowest BCUT2D eigenvalue weighted by Gasteiger charge is -2.21. The minimum Gasteiger partial charge on any atom is -0.465 e. The topological polar surface area (TPSA) is 59.8 Å². The molecule has 0 aliphatic rings. The summed E-state index contributed by atoms with van der Waals surface area (Å²) in [5.74, 6) is 0.319. The van der Waals surface area contributed by atoms with Crippen molar-refractivity contribution >= 4 is 11.9 Å². The van der Waals surface area contributed by atoms with Crippen LogP contribution in [0, 0.1) is 20.8 Å². The van der Waals surface area contributed by atoms with Gasteiger partial charge in [-0.1, -0.05) is 30.3 Å². The van der Waals surface area contributed by atoms with Gasteiger partial charge in [-0.15, -0.1) is 0 Å². The minimum atomic E-state index is -0.979. The molecule has 2 aromatic rings. The third kappa shape index (κ3) is 3.44. The van der Waals surface area contributed by atoms with Gasteiger partial charge in [0.25, 0.3) is 5.91 Å². The highest BCUT2D eigenvalue weighted by Crippen LogP contribution is 2.26. The molecule has 0 fully saturated rings. The van der Waals surface area contributed by atoms with Crippen LogP contribution in [-0.4, -0.2) is 30.9 Å². The van der Waals surface area contributed by atoms with Gasteiger partial charge >= 0.3 is 5.97 Å². The number of hydrogen-bond donors (Lipinski definition) is 0. The van der Waals surface area contributed by atoms with Gasteiger partial charge in [0.2, 0.25) is 6.10 Å². The summed E-state index contributed by atoms with van der Waals surface area (Å²) in [6.07, 6.45) is -0.979. The van der Waals surface area contributed by atoms with Gasteiger partial charge in [0.1, 0.15) is 17.1 Å². The van der Waals surface area contributed by atoms with Crippen molar-refractivity contribution in [2.75, 3.05) is 14.1 Å². The number of likely N-dealkylation sites (N-methyl/N-ethyl adjacent to an activating group) is 1. The van der Waals surface area contributed by atoms with Crippen molar-refractivity contribution in [1.29, 1.82) is 0 Å². The van der Waals surface area contributed by atoms with E-state index in [9.17, 15) is 9.59 Å². The second kappa shape index (κ2) is 6.69. The fraction of sp³-hybridized carbons (Fsp3) is 0.333. The second-order valence-electron chi connectivity index (χ2n) is 5.64. The van der Waals surface area contributed by atoms with Crippen LogP contribution < -0.4 is 0 Å². The summed E-state index contributed by atoms with van der Waals surface area (Å²) >= 11 is 0. The molecule has 0 spiro atoms. The first kappa shape index (κ1) is 16.8. The van der Waals surface area contributed by atoms with Gasteiger partial charge in [0.15, 0.2) is 0 Å². The Bertz CT molecular complexity index is 716. The third-order valence-corrected chi connectivity index (χ3v) is 3.76. The molecular weight excluding hydrogens is 294 g/mol. The predicted molar refractivity (Wildman–Crippen MR) is 86.2 cm³/mol. The van der Waals surface area contributed by atoms with Gasteiger partial charge < -0.3 is 14.1 Å². The Hall–Kier alpha value is -2.56. The SMILES string of the molecule is Cc1oc(C)c(C(=O)O[C@@H](C(=O)N(C)C)c2ccccc2)c1C. The summed E-state index contributed by atoms with van der Waals surface area (Å²) in [5.41, 5.74) is 1.75. The van der Waals surface area contributed by atoms with Crippen molar-refractivity contribution in [2.45, 2.75) is 26.9 Å². The summed E-state index contributed by atoms with van der Waals surface area (Å²) in [6, 6.07) is 8.98. The number of esters is 1. The van der Waals surface area contributed by atoms with Crippen molar-refractivity contribution in [2.24, 2.45) is 0 Å². The number of nitrogens with zero attached hydrogens (tertiary/aromatic N) is 1. The maximum absolute atomic E-state index is 12.6. The maximum Gasteiger partial charge on any atom is 0.343 e. The molecule has 23 heavy (non-hydrogen) atoms. The molecule has 122 valence electrons. The van der Waals surface area contributed by atoms with Gasteiger partial charge in [-0.05, 0) is 20.8 Å². The monoisotopic (exact) mass is 315 g/mol. The summed E-state index contributed by atoms with van der Waals surface area (Å²) < 4.78 is 11.0. The molecular formula is C18H21NO4. The van der Waals surface area contributed by atoms with Gasteiger partial charge in [0.05, 0.1) is 0 Å². The Morgan fingerprint density at radius 1 is 1.04 bits per heavy atom. The molecule has 0 saturated heterocycles. The molecule has 1 amide bonds. The van der Waals surface area contributed by atoms with E-state index in [0.29, 0.717) is 22.6 Å². The van der Waals surface area contributed by atoms with Crippen molar-refractivity contribution in [3.05, 3.63) is 58.5 Å². The zero-order chi connectivity index (χ0) is 17.1. The lowest BCUT2D eigenvalue weighted by atomic mass is 10.1. The van der Waals surface area contributed by atoms with Crippen LogP contribution >= 0.6 is 0 Å². The molecule has 0 aliphatic heterocycles. The van der Waals surface area contributed by atoms with Crippen LogP contribution in [0.15, 0.2) is 34.7 Å². The van der Waals surface area contributed by atoms with E-state index in [1.54, 1.807) is 59.1 Å². The molecule has 2 rings (SSSR count). The summed E-state index contributed by atoms with van der Waals surface area (Å²) in [5, 5.41) is 0. The summed E-state index contributed by atoms with van der Waals surface area (Å²) in [6.45, 7) is 5.30. The quantitative estimate of drug-likeness (QED) is 0.813. The van der Waals surface area contributed by atoms with E-state index in [0.717, 1.165) is 5.56 Å². The molecule has 0 saturated carbocycles. The molecule has 0 radical (unpaired) electrons. The standard InChI is InChI=1S/C18H21NO4/c1-11-12(2)22-13(3)15(11)18(21)23-16(17(20)19(4)5)14-9-7-6-8-10-14/h6-10,16H,1-5H3/t16-/m1/s1. The van der Waals surface area contributed by atoms with Crippen LogP contribution in [-0.2, 0) is 9.53 Å². The second-order valence-corrected chi connectivity index (χ2v) is 5.64. The Kier molecular flexibility index (Phi) is 4.89. The molecule has 1 aromatic carbocycles. The molecule has 0 N–H and O–H groups in total. The van der Waals surface area contributed by atoms with E-state index in [1.165, 1.54) is 4.90 Å². The highest BCUT2D eigenvalue weighted by molar-refractivity contribution is 5.94. The molecule has 1 atom stereocenters. The van der Waals surface area contributed by atoms with Crippen molar-refractivity contribution < 1.29 is 18.7 Å². The van der Waals surface area contributed by atoms with E-state index in [2.05, 4.69) is 0 Å². The Balaban J connectivity index is 2.35. The van der Waals surface area contributed by atoms with E-state index in [-0.39, 0.29) is 5.91 Å². The van der Waals surface area contributed by atoms with Gasteiger partial charge in [-0.25, -0.2) is 4.79 Å². The fourth-order valence-electron chi connectivity index (χ4n) is 2.38. The van der Waals surface area contributed by atoms with E-state index >= 15 is 0 Å². The number of hydrogen-bond acceptors (Lipinski definition) is 4. The lowest BCUT2D eigenvalue weighted by molar-refractivity contribution is -0.138. The molecule has 5 nitrogen and oxygen atoms in total. The molecule has 1 aromatic heterocycles. The fourth-order valence-corrected chi connectivity index (χ4v) is 2.38. The van der Waals surface area contributed by atoms with Crippen LogP contribution in [0.1, 0.15) is 39.1 Å². The van der Waals surface area contributed by atoms with Crippen molar-refractivity contribution in [1.82, 2.24) is 4.90 Å². The van der Waals surface area contributed by atoms with Crippen LogP contribution in [0.3, 0.4) is 0 Å². The number of carbonyl (C=O) groups is 2. The van der Waals surface area contributed by atoms with Gasteiger partial charge in [0, 0.05) is 25.2 Å². The van der Waals surface area contributed by atoms with Crippen LogP contribution in [0.25, 0.3) is 0 Å². The van der Waals surface area contributed by atoms with Crippen LogP contribution in [0.5, 0.6) is 0 Å². The number of ether oxygens (including phenoxy) is 1. The Morgan fingerprint density at radius 2 is 1.65 bits per heavy atom. The molecule has 0 unspecified atom stereocenters. The van der Waals surface area contributed by atoms with Crippen molar-refractivity contribution in [3.8, 4) is 0 Å². The summed E-state index contributed by atoms with van der Waals surface area (Å²) in [7, 11) is 3.26. The maximum atomic E-state index is 12.6. The average Bonchev–Trinajstić information content (AvgIpc) is 2.77. The smallest absolute Gasteiger partial charge is 0.343 e. The third-order valence-electron chi connectivity index (χ3n) is 3.76. The predicted octanol–water partition coefficient (Wildman–Crippen LogP) is 3.19. The Labute approximate surface area is 135 Å². The normalized spacial score (nSPS) is 11.9. The van der Waals surface area contributed by atoms with E-state index in [1.807, 2.05) is 6.07 Å². The number of carbonyl (C=O) groups excluding carboxylic acids is 2. The zero-order valence-electron chi connectivity index (χ0n) is 14.0. The van der Waals surface area contributed by atoms with Crippen LogP contribution in [0.4, 0.5) is 0 Å². The number of aryl methyl sites for hydroxylation is 2. The van der Waals surface area contributed by atoms with Gasteiger partial charge in [-0.2, -0.15) is 0 Å². The number of furan rings is 1. The highest BCUT2D eigenvalue weighted by Gasteiger charge is 2.29. The van der Waals surface area contributed by atoms with E-state index in [4.69, 9.17) is 9.15 Å². The number of amides is 1. The average molecular weight is 315 g/mol. The first-order valence-corrected chi connectivity index (χ1v) is 7.36. The lowest BCUT2D eigenvalue weighted by Crippen LogP contribution is -2.31. The first-order chi connectivity index (χ1) is 10.8. The molecule has 0 aliphatic carbocycles. The molecule has 5 heteroatoms. The largest absolute Gasteiger partial charge is 0.465 e. The van der Waals surface area contributed by atoms with E-state index < -0.39 is 12.1 Å². The van der Waals surface area contributed by atoms with Gasteiger partial charge in [-0.3, -0.25) is 4.79 Å². The molecule has 0 bridgehead atoms. The van der Waals surface area contributed by atoms with Crippen LogP contribution in [0.2, 0.25) is 0 Å². The number of benzene rings is 1. The highest BCUT2D eigenvalue weighted by atomic mass is 16.5. The molecule has 1 heterocycles. The zero-order valence-corrected chi connectivity index (χ0v) is 14.0. The Morgan fingerprint density at radius 3 is 2.13 bits per heavy atom. The first-order valence-electron chi connectivity index (χ1n) is 7.36. The van der Waals surface area contributed by atoms with Crippen molar-refractivity contribution in [3.63, 3.8) is 0 Å². The number of rotatable bonds is 4.